The summed E-state index contributed by atoms with van der Waals surface area (Å²) in [5.41, 5.74) is 5.31. The molecule has 0 aliphatic carbocycles. The first-order valence-electron chi connectivity index (χ1n) is 11.5. The summed E-state index contributed by atoms with van der Waals surface area (Å²) in [6.07, 6.45) is 0.356. The van der Waals surface area contributed by atoms with E-state index in [9.17, 15) is 22.8 Å². The second-order valence-corrected chi connectivity index (χ2v) is 8.62. The Morgan fingerprint density at radius 1 is 1.00 bits per heavy atom. The minimum atomic E-state index is -4.00. The molecule has 1 aliphatic rings. The van der Waals surface area contributed by atoms with Crippen molar-refractivity contribution < 1.29 is 22.8 Å². The Bertz CT molecular complexity index is 1190. The number of amides is 2. The van der Waals surface area contributed by atoms with Crippen LogP contribution in [0.2, 0.25) is 0 Å². The van der Waals surface area contributed by atoms with Crippen LogP contribution in [-0.2, 0) is 0 Å². The maximum Gasteiger partial charge on any atom is 0.386 e. The van der Waals surface area contributed by atoms with Crippen molar-refractivity contribution in [2.45, 2.75) is 32.4 Å². The van der Waals surface area contributed by atoms with Gasteiger partial charge in [0.15, 0.2) is 0 Å². The molecule has 2 amide bonds. The van der Waals surface area contributed by atoms with Gasteiger partial charge in [-0.2, -0.15) is 13.2 Å². The number of hydrogen-bond acceptors (Lipinski definition) is 4. The van der Waals surface area contributed by atoms with Crippen molar-refractivity contribution in [2.75, 3.05) is 30.4 Å². The number of rotatable bonds is 5. The van der Waals surface area contributed by atoms with Crippen molar-refractivity contribution in [3.63, 3.8) is 0 Å². The number of nitrogens with zero attached hydrogens (tertiary/aromatic N) is 2. The number of halogens is 3. The molecule has 0 saturated carbocycles. The summed E-state index contributed by atoms with van der Waals surface area (Å²) in [7, 11) is 1.62. The number of alkyl halides is 3. The van der Waals surface area contributed by atoms with Gasteiger partial charge in [-0.25, -0.2) is 0 Å². The van der Waals surface area contributed by atoms with Crippen LogP contribution in [0.3, 0.4) is 0 Å². The highest BCUT2D eigenvalue weighted by atomic mass is 19.4. The third kappa shape index (κ3) is 7.56. The fourth-order valence-electron chi connectivity index (χ4n) is 4.06. The van der Waals surface area contributed by atoms with Gasteiger partial charge in [-0.15, -0.1) is 0 Å². The van der Waals surface area contributed by atoms with E-state index in [1.807, 2.05) is 54.6 Å². The Kier molecular flexibility index (Phi) is 8.68. The molecule has 1 unspecified atom stereocenters. The molecule has 4 rings (SSSR count). The zero-order valence-corrected chi connectivity index (χ0v) is 20.4. The first-order chi connectivity index (χ1) is 17.0. The van der Waals surface area contributed by atoms with E-state index in [4.69, 9.17) is 0 Å². The van der Waals surface area contributed by atoms with E-state index in [0.717, 1.165) is 30.9 Å². The molecule has 6 nitrogen and oxygen atoms in total. The van der Waals surface area contributed by atoms with Crippen LogP contribution in [-0.4, -0.2) is 43.1 Å². The number of aryl methyl sites for hydroxylation is 1. The molecule has 1 aromatic heterocycles. The van der Waals surface area contributed by atoms with Crippen LogP contribution in [0.15, 0.2) is 67.0 Å². The minimum absolute atomic E-state index is 0.107. The normalized spacial score (nSPS) is 15.1. The van der Waals surface area contributed by atoms with Crippen LogP contribution in [0.1, 0.15) is 51.1 Å². The molecule has 1 saturated heterocycles. The van der Waals surface area contributed by atoms with Crippen molar-refractivity contribution in [3.05, 3.63) is 89.2 Å². The summed E-state index contributed by atoms with van der Waals surface area (Å²) in [5.74, 6) is 0.0657. The fourth-order valence-corrected chi connectivity index (χ4v) is 4.06. The molecule has 36 heavy (non-hydrogen) atoms. The lowest BCUT2D eigenvalue weighted by Gasteiger charge is -2.20. The average molecular weight is 499 g/mol. The topological polar surface area (TPSA) is 74.3 Å². The third-order valence-corrected chi connectivity index (χ3v) is 5.78. The van der Waals surface area contributed by atoms with Crippen molar-refractivity contribution >= 4 is 23.2 Å². The first-order valence-corrected chi connectivity index (χ1v) is 11.5. The predicted molar refractivity (Wildman–Crippen MR) is 135 cm³/mol. The van der Waals surface area contributed by atoms with Gasteiger partial charge in [0.05, 0.1) is 17.4 Å². The molecule has 0 bridgehead atoms. The van der Waals surface area contributed by atoms with Gasteiger partial charge in [0.25, 0.3) is 11.8 Å². The molecule has 2 aromatic carbocycles. The smallest absolute Gasteiger partial charge is 0.370 e. The van der Waals surface area contributed by atoms with Gasteiger partial charge in [-0.3, -0.25) is 14.6 Å². The van der Waals surface area contributed by atoms with Crippen LogP contribution < -0.4 is 15.5 Å². The quantitative estimate of drug-likeness (QED) is 0.483. The maximum atomic E-state index is 12.7. The standard InChI is InChI=1S/C25H26N4O2.C2H3F3/c1-17-8-9-18(25(31)28-21-6-4-3-5-7-21)13-23(17)19-10-11-29(16-19)22-12-20(14-27-15-22)24(30)26-2;1-2(3,4)5/h3-9,12-15,19H,10-11,16H2,1-2H3,(H,26,30)(H,28,31);1H3. The van der Waals surface area contributed by atoms with Crippen LogP contribution in [0.5, 0.6) is 0 Å². The molecule has 0 radical (unpaired) electrons. The third-order valence-electron chi connectivity index (χ3n) is 5.78. The van der Waals surface area contributed by atoms with Gasteiger partial charge in [0.2, 0.25) is 0 Å². The Morgan fingerprint density at radius 2 is 1.69 bits per heavy atom. The van der Waals surface area contributed by atoms with Crippen molar-refractivity contribution in [3.8, 4) is 0 Å². The van der Waals surface area contributed by atoms with E-state index in [0.29, 0.717) is 17.0 Å². The number of hydrogen-bond donors (Lipinski definition) is 2. The highest BCUT2D eigenvalue weighted by Gasteiger charge is 2.26. The number of carbonyl (C=O) groups excluding carboxylic acids is 2. The van der Waals surface area contributed by atoms with Gasteiger partial charge in [0, 0.05) is 50.4 Å². The second kappa shape index (κ2) is 11.7. The average Bonchev–Trinajstić information content (AvgIpc) is 3.33. The van der Waals surface area contributed by atoms with Gasteiger partial charge < -0.3 is 15.5 Å². The van der Waals surface area contributed by atoms with Crippen molar-refractivity contribution in [2.24, 2.45) is 0 Å². The molecule has 1 aliphatic heterocycles. The fraction of sp³-hybridized carbons (Fsp3) is 0.296. The molecular formula is C27H29F3N4O2. The number of aromatic nitrogens is 1. The summed E-state index contributed by atoms with van der Waals surface area (Å²) in [6, 6.07) is 17.3. The molecule has 9 heteroatoms. The predicted octanol–water partition coefficient (Wildman–Crippen LogP) is 5.56. The zero-order valence-electron chi connectivity index (χ0n) is 20.4. The molecular weight excluding hydrogens is 469 g/mol. The number of carbonyl (C=O) groups is 2. The van der Waals surface area contributed by atoms with Crippen LogP contribution in [0.25, 0.3) is 0 Å². The van der Waals surface area contributed by atoms with Crippen LogP contribution >= 0.6 is 0 Å². The molecule has 0 spiro atoms. The van der Waals surface area contributed by atoms with Gasteiger partial charge in [-0.05, 0) is 54.8 Å². The lowest BCUT2D eigenvalue weighted by atomic mass is 9.92. The first kappa shape index (κ1) is 26.7. The molecule has 2 heterocycles. The monoisotopic (exact) mass is 498 g/mol. The van der Waals surface area contributed by atoms with Crippen LogP contribution in [0, 0.1) is 6.92 Å². The number of nitrogens with one attached hydrogen (secondary N) is 2. The summed E-state index contributed by atoms with van der Waals surface area (Å²) >= 11 is 0. The number of benzene rings is 2. The van der Waals surface area contributed by atoms with Gasteiger partial charge >= 0.3 is 6.18 Å². The van der Waals surface area contributed by atoms with Crippen LogP contribution in [0.4, 0.5) is 24.5 Å². The maximum absolute atomic E-state index is 12.7. The zero-order chi connectivity index (χ0) is 26.3. The lowest BCUT2D eigenvalue weighted by molar-refractivity contribution is -0.110. The van der Waals surface area contributed by atoms with Crippen molar-refractivity contribution in [1.82, 2.24) is 10.3 Å². The van der Waals surface area contributed by atoms with Gasteiger partial charge in [0.1, 0.15) is 0 Å². The van der Waals surface area contributed by atoms with E-state index >= 15 is 0 Å². The van der Waals surface area contributed by atoms with E-state index in [1.165, 1.54) is 11.1 Å². The minimum Gasteiger partial charge on any atom is -0.370 e. The van der Waals surface area contributed by atoms with Crippen molar-refractivity contribution in [1.29, 1.82) is 0 Å². The lowest BCUT2D eigenvalue weighted by Crippen LogP contribution is -2.22. The Labute approximate surface area is 208 Å². The molecule has 1 fully saturated rings. The van der Waals surface area contributed by atoms with E-state index < -0.39 is 6.18 Å². The number of anilines is 2. The van der Waals surface area contributed by atoms with Gasteiger partial charge in [-0.1, -0.05) is 24.3 Å². The highest BCUT2D eigenvalue weighted by molar-refractivity contribution is 6.04. The molecule has 1 atom stereocenters. The summed E-state index contributed by atoms with van der Waals surface area (Å²) < 4.78 is 31.1. The summed E-state index contributed by atoms with van der Waals surface area (Å²) in [5, 5.41) is 5.60. The molecule has 3 aromatic rings. The molecule has 2 N–H and O–H groups in total. The number of para-hydroxylation sites is 1. The summed E-state index contributed by atoms with van der Waals surface area (Å²) in [4.78, 5) is 31.2. The van der Waals surface area contributed by atoms with E-state index in [-0.39, 0.29) is 18.7 Å². The SMILES string of the molecule is CC(F)(F)F.CNC(=O)c1cncc(N2CCC(c3cc(C(=O)Nc4ccccc4)ccc3C)C2)c1. The Balaban J connectivity index is 0.000000658. The summed E-state index contributed by atoms with van der Waals surface area (Å²) in [6.45, 7) is 3.98. The second-order valence-electron chi connectivity index (χ2n) is 8.62. The Hall–Kier alpha value is -3.88. The Morgan fingerprint density at radius 3 is 2.36 bits per heavy atom. The van der Waals surface area contributed by atoms with E-state index in [2.05, 4.69) is 27.4 Å². The van der Waals surface area contributed by atoms with E-state index in [1.54, 1.807) is 19.4 Å². The largest absolute Gasteiger partial charge is 0.386 e. The highest BCUT2D eigenvalue weighted by Crippen LogP contribution is 2.33. The molecule has 190 valence electrons. The number of pyridine rings is 1.